The molecule has 0 unspecified atom stereocenters. The van der Waals surface area contributed by atoms with E-state index in [1.165, 1.54) is 5.56 Å². The number of ether oxygens (including phenoxy) is 1. The zero-order valence-corrected chi connectivity index (χ0v) is 17.3. The number of likely N-dealkylation sites (tertiary alicyclic amines) is 1. The lowest BCUT2D eigenvalue weighted by atomic mass is 9.97. The molecule has 1 aliphatic heterocycles. The zero-order chi connectivity index (χ0) is 20.0. The third-order valence-electron chi connectivity index (χ3n) is 4.61. The van der Waals surface area contributed by atoms with Crippen molar-refractivity contribution in [1.82, 2.24) is 4.90 Å². The number of anilines is 1. The molecule has 1 amide bonds. The van der Waals surface area contributed by atoms with Crippen LogP contribution in [-0.4, -0.2) is 42.2 Å². The van der Waals surface area contributed by atoms with E-state index in [1.807, 2.05) is 32.9 Å². The number of carbonyl (C=O) groups is 1. The summed E-state index contributed by atoms with van der Waals surface area (Å²) >= 11 is 0. The first kappa shape index (κ1) is 21.1. The fourth-order valence-corrected chi connectivity index (χ4v) is 3.01. The number of hydrogen-bond acceptors (Lipinski definition) is 3. The Bertz CT molecular complexity index is 656. The molecule has 1 aromatic rings. The number of benzene rings is 1. The van der Waals surface area contributed by atoms with Crippen LogP contribution < -0.4 is 11.1 Å². The van der Waals surface area contributed by atoms with Crippen molar-refractivity contribution in [2.75, 3.05) is 25.0 Å². The molecule has 1 heterocycles. The molecule has 27 heavy (non-hydrogen) atoms. The molecule has 1 fully saturated rings. The van der Waals surface area contributed by atoms with Crippen LogP contribution in [0.25, 0.3) is 0 Å². The topological polar surface area (TPSA) is 80.0 Å². The monoisotopic (exact) mass is 374 g/mol. The third-order valence-corrected chi connectivity index (χ3v) is 4.61. The summed E-state index contributed by atoms with van der Waals surface area (Å²) in [5.74, 6) is 1.34. The molecule has 0 bridgehead atoms. The van der Waals surface area contributed by atoms with Gasteiger partial charge in [-0.05, 0) is 63.1 Å². The van der Waals surface area contributed by atoms with Gasteiger partial charge in [0.1, 0.15) is 5.60 Å². The van der Waals surface area contributed by atoms with E-state index in [9.17, 15) is 4.79 Å². The van der Waals surface area contributed by atoms with Gasteiger partial charge in [0.25, 0.3) is 0 Å². The summed E-state index contributed by atoms with van der Waals surface area (Å²) in [6.45, 7) is 12.1. The number of rotatable bonds is 4. The van der Waals surface area contributed by atoms with Crippen molar-refractivity contribution in [3.05, 3.63) is 29.8 Å². The van der Waals surface area contributed by atoms with E-state index in [0.29, 0.717) is 37.4 Å². The van der Waals surface area contributed by atoms with Crippen LogP contribution >= 0.6 is 0 Å². The second-order valence-electron chi connectivity index (χ2n) is 8.54. The van der Waals surface area contributed by atoms with Gasteiger partial charge >= 0.3 is 6.09 Å². The molecule has 1 aliphatic rings. The molecule has 0 spiro atoms. The predicted molar refractivity (Wildman–Crippen MR) is 111 cm³/mol. The van der Waals surface area contributed by atoms with Crippen LogP contribution in [0.4, 0.5) is 10.5 Å². The minimum absolute atomic E-state index is 0.226. The zero-order valence-electron chi connectivity index (χ0n) is 17.3. The lowest BCUT2D eigenvalue weighted by Crippen LogP contribution is -2.42. The smallest absolute Gasteiger partial charge is 0.410 e. The molecule has 6 nitrogen and oxygen atoms in total. The number of amides is 1. The summed E-state index contributed by atoms with van der Waals surface area (Å²) in [4.78, 5) is 18.4. The highest BCUT2D eigenvalue weighted by Gasteiger charge is 2.26. The van der Waals surface area contributed by atoms with Crippen LogP contribution in [0.2, 0.25) is 0 Å². The highest BCUT2D eigenvalue weighted by Crippen LogP contribution is 2.21. The quantitative estimate of drug-likeness (QED) is 0.612. The van der Waals surface area contributed by atoms with E-state index in [4.69, 9.17) is 10.5 Å². The normalized spacial score (nSPS) is 16.5. The Balaban J connectivity index is 1.80. The molecule has 2 rings (SSSR count). The summed E-state index contributed by atoms with van der Waals surface area (Å²) in [7, 11) is 0. The van der Waals surface area contributed by atoms with Gasteiger partial charge < -0.3 is 20.7 Å². The van der Waals surface area contributed by atoms with Crippen LogP contribution in [0.5, 0.6) is 0 Å². The standard InChI is InChI=1S/C21H34N4O2/c1-15(2)17-7-6-8-18(13-17)24-19(22)23-14-16-9-11-25(12-10-16)20(26)27-21(3,4)5/h6-8,13,15-16H,9-12,14H2,1-5H3,(H3,22,23,24). The molecule has 0 aromatic heterocycles. The first-order chi connectivity index (χ1) is 12.6. The Morgan fingerprint density at radius 3 is 2.59 bits per heavy atom. The van der Waals surface area contributed by atoms with E-state index < -0.39 is 5.60 Å². The van der Waals surface area contributed by atoms with Gasteiger partial charge in [-0.1, -0.05) is 26.0 Å². The Kier molecular flexibility index (Phi) is 7.11. The predicted octanol–water partition coefficient (Wildman–Crippen LogP) is 4.18. The number of piperidine rings is 1. The van der Waals surface area contributed by atoms with Crippen LogP contribution in [0.3, 0.4) is 0 Å². The van der Waals surface area contributed by atoms with Gasteiger partial charge in [-0.3, -0.25) is 4.99 Å². The fourth-order valence-electron chi connectivity index (χ4n) is 3.01. The number of nitrogens with one attached hydrogen (secondary N) is 1. The molecule has 150 valence electrons. The third kappa shape index (κ3) is 7.12. The molecule has 0 saturated carbocycles. The maximum Gasteiger partial charge on any atom is 0.410 e. The fraction of sp³-hybridized carbons (Fsp3) is 0.619. The lowest BCUT2D eigenvalue weighted by Gasteiger charge is -2.33. The van der Waals surface area contributed by atoms with E-state index in [2.05, 4.69) is 36.3 Å². The van der Waals surface area contributed by atoms with Crippen LogP contribution in [0.1, 0.15) is 58.9 Å². The van der Waals surface area contributed by atoms with E-state index in [-0.39, 0.29) is 6.09 Å². The highest BCUT2D eigenvalue weighted by atomic mass is 16.6. The minimum Gasteiger partial charge on any atom is -0.444 e. The average Bonchev–Trinajstić information content (AvgIpc) is 2.59. The second kappa shape index (κ2) is 9.11. The van der Waals surface area contributed by atoms with Crippen molar-refractivity contribution in [3.8, 4) is 0 Å². The Morgan fingerprint density at radius 2 is 2.00 bits per heavy atom. The minimum atomic E-state index is -0.453. The maximum absolute atomic E-state index is 12.1. The summed E-state index contributed by atoms with van der Waals surface area (Å²) in [6.07, 6.45) is 1.60. The van der Waals surface area contributed by atoms with Gasteiger partial charge in [-0.2, -0.15) is 0 Å². The van der Waals surface area contributed by atoms with Crippen LogP contribution in [0, 0.1) is 5.92 Å². The molecule has 0 atom stereocenters. The second-order valence-corrected chi connectivity index (χ2v) is 8.54. The molecule has 6 heteroatoms. The van der Waals surface area contributed by atoms with Crippen molar-refractivity contribution in [2.45, 2.75) is 59.0 Å². The number of hydrogen-bond donors (Lipinski definition) is 2. The van der Waals surface area contributed by atoms with Gasteiger partial charge in [-0.15, -0.1) is 0 Å². The molecule has 1 aromatic carbocycles. The van der Waals surface area contributed by atoms with Crippen molar-refractivity contribution < 1.29 is 9.53 Å². The molecule has 1 saturated heterocycles. The first-order valence-corrected chi connectivity index (χ1v) is 9.79. The summed E-state index contributed by atoms with van der Waals surface area (Å²) in [6, 6.07) is 8.24. The van der Waals surface area contributed by atoms with Gasteiger partial charge in [0.15, 0.2) is 5.96 Å². The molecule has 0 radical (unpaired) electrons. The van der Waals surface area contributed by atoms with Gasteiger partial charge in [0, 0.05) is 25.3 Å². The Hall–Kier alpha value is -2.24. The SMILES string of the molecule is CC(C)c1cccc(NC(N)=NCC2CCN(C(=O)OC(C)(C)C)CC2)c1. The summed E-state index contributed by atoms with van der Waals surface area (Å²) in [5.41, 5.74) is 7.82. The van der Waals surface area contributed by atoms with Gasteiger partial charge in [0.05, 0.1) is 0 Å². The van der Waals surface area contributed by atoms with E-state index in [1.54, 1.807) is 4.90 Å². The number of nitrogens with two attached hydrogens (primary N) is 1. The number of guanidine groups is 1. The molecular formula is C21H34N4O2. The van der Waals surface area contributed by atoms with Crippen molar-refractivity contribution in [2.24, 2.45) is 16.6 Å². The summed E-state index contributed by atoms with van der Waals surface area (Å²) < 4.78 is 5.43. The average molecular weight is 375 g/mol. The van der Waals surface area contributed by atoms with Crippen LogP contribution in [0.15, 0.2) is 29.3 Å². The van der Waals surface area contributed by atoms with E-state index >= 15 is 0 Å². The maximum atomic E-state index is 12.1. The van der Waals surface area contributed by atoms with Gasteiger partial charge in [-0.25, -0.2) is 4.79 Å². The van der Waals surface area contributed by atoms with Crippen molar-refractivity contribution in [1.29, 1.82) is 0 Å². The summed E-state index contributed by atoms with van der Waals surface area (Å²) in [5, 5.41) is 3.17. The molecular weight excluding hydrogens is 340 g/mol. The molecule has 3 N–H and O–H groups in total. The Morgan fingerprint density at radius 1 is 1.33 bits per heavy atom. The van der Waals surface area contributed by atoms with Gasteiger partial charge in [0.2, 0.25) is 0 Å². The Labute approximate surface area is 163 Å². The first-order valence-electron chi connectivity index (χ1n) is 9.79. The number of carbonyl (C=O) groups excluding carboxylic acids is 1. The highest BCUT2D eigenvalue weighted by molar-refractivity contribution is 5.92. The molecule has 0 aliphatic carbocycles. The van der Waals surface area contributed by atoms with E-state index in [0.717, 1.165) is 18.5 Å². The van der Waals surface area contributed by atoms with Crippen LogP contribution in [-0.2, 0) is 4.74 Å². The number of aliphatic imine (C=N–C) groups is 1. The largest absolute Gasteiger partial charge is 0.444 e. The van der Waals surface area contributed by atoms with Crippen molar-refractivity contribution in [3.63, 3.8) is 0 Å². The lowest BCUT2D eigenvalue weighted by molar-refractivity contribution is 0.0187. The number of nitrogens with zero attached hydrogens (tertiary/aromatic N) is 2. The van der Waals surface area contributed by atoms with Crippen molar-refractivity contribution >= 4 is 17.7 Å².